The van der Waals surface area contributed by atoms with Gasteiger partial charge in [-0.2, -0.15) is 0 Å². The van der Waals surface area contributed by atoms with Gasteiger partial charge in [0.05, 0.1) is 6.04 Å². The molecule has 1 fully saturated rings. The Labute approximate surface area is 117 Å². The van der Waals surface area contributed by atoms with Gasteiger partial charge in [-0.25, -0.2) is 0 Å². The second-order valence-corrected chi connectivity index (χ2v) is 5.40. The van der Waals surface area contributed by atoms with Crippen molar-refractivity contribution >= 4 is 5.91 Å². The molecule has 0 radical (unpaired) electrons. The van der Waals surface area contributed by atoms with Crippen LogP contribution in [0.3, 0.4) is 0 Å². The number of nitrogens with one attached hydrogen (secondary N) is 1. The molecule has 0 aliphatic carbocycles. The van der Waals surface area contributed by atoms with Crippen LogP contribution in [-0.2, 0) is 13.1 Å². The molecule has 6 heteroatoms. The first-order chi connectivity index (χ1) is 9.60. The van der Waals surface area contributed by atoms with Crippen LogP contribution in [0.5, 0.6) is 0 Å². The summed E-state index contributed by atoms with van der Waals surface area (Å²) in [4.78, 5) is 14.1. The zero-order valence-electron chi connectivity index (χ0n) is 11.1. The van der Waals surface area contributed by atoms with E-state index < -0.39 is 12.5 Å². The highest BCUT2D eigenvalue weighted by Crippen LogP contribution is 2.29. The van der Waals surface area contributed by atoms with Crippen molar-refractivity contribution in [2.24, 2.45) is 5.73 Å². The van der Waals surface area contributed by atoms with Gasteiger partial charge in [0.15, 0.2) is 0 Å². The molecule has 0 spiro atoms. The SMILES string of the molecule is NCc1ccc2c(c1)CN(C1CCC(O)NC1O)C2=O. The summed E-state index contributed by atoms with van der Waals surface area (Å²) in [6.07, 6.45) is -0.495. The molecule has 2 aliphatic heterocycles. The number of aliphatic hydroxyl groups excluding tert-OH is 2. The second-order valence-electron chi connectivity index (χ2n) is 5.40. The van der Waals surface area contributed by atoms with Crippen molar-refractivity contribution in [2.75, 3.05) is 0 Å². The Morgan fingerprint density at radius 3 is 2.85 bits per heavy atom. The number of carbonyl (C=O) groups is 1. The van der Waals surface area contributed by atoms with Crippen LogP contribution in [0.25, 0.3) is 0 Å². The highest BCUT2D eigenvalue weighted by atomic mass is 16.3. The van der Waals surface area contributed by atoms with Crippen molar-refractivity contribution in [3.63, 3.8) is 0 Å². The Balaban J connectivity index is 1.82. The van der Waals surface area contributed by atoms with Crippen molar-refractivity contribution in [1.29, 1.82) is 0 Å². The van der Waals surface area contributed by atoms with Crippen LogP contribution in [0.15, 0.2) is 18.2 Å². The Bertz CT molecular complexity index is 534. The maximum absolute atomic E-state index is 12.4. The monoisotopic (exact) mass is 277 g/mol. The number of piperidine rings is 1. The second kappa shape index (κ2) is 5.14. The van der Waals surface area contributed by atoms with Crippen molar-refractivity contribution in [3.05, 3.63) is 34.9 Å². The smallest absolute Gasteiger partial charge is 0.254 e. The Morgan fingerprint density at radius 2 is 2.15 bits per heavy atom. The lowest BCUT2D eigenvalue weighted by atomic mass is 10.0. The van der Waals surface area contributed by atoms with Gasteiger partial charge >= 0.3 is 0 Å². The predicted octanol–water partition coefficient (Wildman–Crippen LogP) is -0.510. The highest BCUT2D eigenvalue weighted by molar-refractivity contribution is 5.98. The van der Waals surface area contributed by atoms with Crippen molar-refractivity contribution in [1.82, 2.24) is 10.2 Å². The highest BCUT2D eigenvalue weighted by Gasteiger charge is 2.38. The molecule has 3 atom stereocenters. The van der Waals surface area contributed by atoms with Gasteiger partial charge < -0.3 is 20.8 Å². The van der Waals surface area contributed by atoms with Gasteiger partial charge in [-0.15, -0.1) is 0 Å². The third kappa shape index (κ3) is 2.20. The summed E-state index contributed by atoms with van der Waals surface area (Å²) in [6.45, 7) is 0.933. The average Bonchev–Trinajstić information content (AvgIpc) is 2.75. The molecule has 1 aromatic rings. The lowest BCUT2D eigenvalue weighted by Gasteiger charge is -2.37. The Hall–Kier alpha value is -1.47. The predicted molar refractivity (Wildman–Crippen MR) is 72.4 cm³/mol. The van der Waals surface area contributed by atoms with Gasteiger partial charge in [-0.05, 0) is 30.0 Å². The van der Waals surface area contributed by atoms with Crippen LogP contribution in [0.4, 0.5) is 0 Å². The fourth-order valence-electron chi connectivity index (χ4n) is 3.00. The lowest BCUT2D eigenvalue weighted by molar-refractivity contribution is -0.0477. The molecule has 1 saturated heterocycles. The number of amides is 1. The van der Waals surface area contributed by atoms with Gasteiger partial charge in [0.1, 0.15) is 12.5 Å². The minimum atomic E-state index is -0.897. The number of aliphatic hydroxyl groups is 2. The molecule has 5 N–H and O–H groups in total. The average molecular weight is 277 g/mol. The Kier molecular flexibility index (Phi) is 3.47. The van der Waals surface area contributed by atoms with E-state index in [0.717, 1.165) is 11.1 Å². The molecule has 2 heterocycles. The van der Waals surface area contributed by atoms with E-state index in [2.05, 4.69) is 5.32 Å². The third-order valence-corrected chi connectivity index (χ3v) is 4.10. The third-order valence-electron chi connectivity index (χ3n) is 4.10. The number of carbonyl (C=O) groups excluding carboxylic acids is 1. The lowest BCUT2D eigenvalue weighted by Crippen LogP contribution is -2.56. The zero-order chi connectivity index (χ0) is 14.3. The number of hydrogen-bond donors (Lipinski definition) is 4. The fourth-order valence-corrected chi connectivity index (χ4v) is 3.00. The van der Waals surface area contributed by atoms with E-state index in [-0.39, 0.29) is 11.9 Å². The topological polar surface area (TPSA) is 98.8 Å². The molecule has 20 heavy (non-hydrogen) atoms. The normalized spacial score (nSPS) is 29.6. The summed E-state index contributed by atoms with van der Waals surface area (Å²) in [5, 5.41) is 22.1. The van der Waals surface area contributed by atoms with Gasteiger partial charge in [-0.1, -0.05) is 12.1 Å². The molecule has 3 unspecified atom stereocenters. The molecule has 3 rings (SSSR count). The van der Waals surface area contributed by atoms with Crippen LogP contribution >= 0.6 is 0 Å². The largest absolute Gasteiger partial charge is 0.379 e. The van der Waals surface area contributed by atoms with Gasteiger partial charge in [0.2, 0.25) is 0 Å². The van der Waals surface area contributed by atoms with Crippen LogP contribution in [-0.4, -0.2) is 39.5 Å². The quantitative estimate of drug-likeness (QED) is 0.583. The van der Waals surface area contributed by atoms with Crippen LogP contribution in [0.1, 0.15) is 34.3 Å². The molecule has 6 nitrogen and oxygen atoms in total. The number of fused-ring (bicyclic) bond motifs is 1. The van der Waals surface area contributed by atoms with E-state index >= 15 is 0 Å². The summed E-state index contributed by atoms with van der Waals surface area (Å²) < 4.78 is 0. The standard InChI is InChI=1S/C14H19N3O3/c15-6-8-1-2-10-9(5-8)7-17(14(10)20)11-3-4-12(18)16-13(11)19/h1-2,5,11-13,16,18-19H,3-4,6-7,15H2. The van der Waals surface area contributed by atoms with Crippen molar-refractivity contribution in [2.45, 2.75) is 44.4 Å². The first-order valence-corrected chi connectivity index (χ1v) is 6.85. The number of rotatable bonds is 2. The van der Waals surface area contributed by atoms with Crippen molar-refractivity contribution < 1.29 is 15.0 Å². The molecule has 0 saturated carbocycles. The number of nitrogens with zero attached hydrogens (tertiary/aromatic N) is 1. The maximum Gasteiger partial charge on any atom is 0.254 e. The first kappa shape index (κ1) is 13.5. The molecule has 1 aromatic carbocycles. The van der Waals surface area contributed by atoms with Crippen molar-refractivity contribution in [3.8, 4) is 0 Å². The van der Waals surface area contributed by atoms with Crippen LogP contribution in [0, 0.1) is 0 Å². The minimum Gasteiger partial charge on any atom is -0.379 e. The molecule has 2 aliphatic rings. The zero-order valence-corrected chi connectivity index (χ0v) is 11.1. The summed E-state index contributed by atoms with van der Waals surface area (Å²) in [5.74, 6) is -0.0641. The van der Waals surface area contributed by atoms with Gasteiger partial charge in [-0.3, -0.25) is 10.1 Å². The van der Waals surface area contributed by atoms with Gasteiger partial charge in [0.25, 0.3) is 5.91 Å². The molecule has 108 valence electrons. The maximum atomic E-state index is 12.4. The molecule has 0 aromatic heterocycles. The van der Waals surface area contributed by atoms with E-state index in [1.807, 2.05) is 12.1 Å². The van der Waals surface area contributed by atoms with E-state index in [9.17, 15) is 15.0 Å². The van der Waals surface area contributed by atoms with Crippen LogP contribution in [0.2, 0.25) is 0 Å². The van der Waals surface area contributed by atoms with E-state index in [1.54, 1.807) is 11.0 Å². The van der Waals surface area contributed by atoms with E-state index in [0.29, 0.717) is 31.5 Å². The molecular formula is C14H19N3O3. The van der Waals surface area contributed by atoms with E-state index in [1.165, 1.54) is 0 Å². The summed E-state index contributed by atoms with van der Waals surface area (Å²) in [5.41, 5.74) is 8.25. The first-order valence-electron chi connectivity index (χ1n) is 6.85. The summed E-state index contributed by atoms with van der Waals surface area (Å²) in [7, 11) is 0. The molecular weight excluding hydrogens is 258 g/mol. The van der Waals surface area contributed by atoms with Crippen LogP contribution < -0.4 is 11.1 Å². The minimum absolute atomic E-state index is 0.0641. The fraction of sp³-hybridized carbons (Fsp3) is 0.500. The number of benzene rings is 1. The Morgan fingerprint density at radius 1 is 1.35 bits per heavy atom. The van der Waals surface area contributed by atoms with Gasteiger partial charge in [0, 0.05) is 18.7 Å². The summed E-state index contributed by atoms with van der Waals surface area (Å²) >= 11 is 0. The number of nitrogens with two attached hydrogens (primary N) is 1. The van der Waals surface area contributed by atoms with E-state index in [4.69, 9.17) is 5.73 Å². The molecule has 0 bridgehead atoms. The molecule has 1 amide bonds. The summed E-state index contributed by atoms with van der Waals surface area (Å²) in [6, 6.07) is 5.31. The number of hydrogen-bond acceptors (Lipinski definition) is 5.